The van der Waals surface area contributed by atoms with Gasteiger partial charge >= 0.3 is 5.97 Å². The molecule has 0 spiro atoms. The van der Waals surface area contributed by atoms with Crippen LogP contribution in [-0.4, -0.2) is 35.8 Å². The van der Waals surface area contributed by atoms with Crippen LogP contribution in [0, 0.1) is 23.7 Å². The van der Waals surface area contributed by atoms with E-state index in [1.807, 2.05) is 0 Å². The smallest absolute Gasteiger partial charge is 0.310 e. The van der Waals surface area contributed by atoms with Crippen molar-refractivity contribution in [2.45, 2.75) is 17.4 Å². The molecule has 32 heavy (non-hydrogen) atoms. The van der Waals surface area contributed by atoms with E-state index >= 15 is 0 Å². The van der Waals surface area contributed by atoms with Gasteiger partial charge in [0.25, 0.3) is 5.91 Å². The fraction of sp³-hybridized carbons (Fsp3) is 0.348. The van der Waals surface area contributed by atoms with Crippen molar-refractivity contribution in [3.05, 3.63) is 53.1 Å². The number of para-hydroxylation sites is 1. The number of ether oxygens (including phenoxy) is 2. The molecule has 2 aliphatic carbocycles. The third-order valence-electron chi connectivity index (χ3n) is 6.67. The SMILES string of the molecule is COc1ccc(Cl)cc1NC(=O)c1ccccc1NC(=O)[C@@H]1[C@H]2C[C@H]3[C@H](OC(=O)[C@@H]31)[C@H]2Br. The van der Waals surface area contributed by atoms with Gasteiger partial charge in [0.15, 0.2) is 0 Å². The Morgan fingerprint density at radius 1 is 1.12 bits per heavy atom. The summed E-state index contributed by atoms with van der Waals surface area (Å²) in [4.78, 5) is 38.6. The molecule has 2 aromatic rings. The molecule has 3 aliphatic rings. The Kier molecular flexibility index (Phi) is 5.37. The van der Waals surface area contributed by atoms with E-state index in [0.717, 1.165) is 6.42 Å². The summed E-state index contributed by atoms with van der Waals surface area (Å²) >= 11 is 9.68. The number of esters is 1. The number of anilines is 2. The fourth-order valence-electron chi connectivity index (χ4n) is 5.30. The van der Waals surface area contributed by atoms with Gasteiger partial charge in [-0.15, -0.1) is 0 Å². The van der Waals surface area contributed by atoms with Gasteiger partial charge in [-0.1, -0.05) is 39.7 Å². The van der Waals surface area contributed by atoms with E-state index in [-0.39, 0.29) is 40.2 Å². The zero-order valence-electron chi connectivity index (χ0n) is 17.0. The van der Waals surface area contributed by atoms with Gasteiger partial charge in [0.1, 0.15) is 11.9 Å². The Balaban J connectivity index is 1.38. The number of amides is 2. The summed E-state index contributed by atoms with van der Waals surface area (Å²) in [6.07, 6.45) is 0.637. The maximum absolute atomic E-state index is 13.3. The van der Waals surface area contributed by atoms with Crippen molar-refractivity contribution in [2.24, 2.45) is 23.7 Å². The molecule has 2 aromatic carbocycles. The predicted octanol–water partition coefficient (Wildman–Crippen LogP) is 4.11. The van der Waals surface area contributed by atoms with E-state index in [1.165, 1.54) is 7.11 Å². The highest BCUT2D eigenvalue weighted by Crippen LogP contribution is 2.60. The molecule has 1 aliphatic heterocycles. The van der Waals surface area contributed by atoms with Crippen LogP contribution in [0.3, 0.4) is 0 Å². The molecule has 0 aromatic heterocycles. The largest absolute Gasteiger partial charge is 0.495 e. The standard InChI is InChI=1S/C23H20BrClN2O5/c1-31-16-7-6-10(25)8-15(16)27-21(28)11-4-2-3-5-14(11)26-22(29)17-12-9-13-18(17)23(30)32-20(13)19(12)24/h2-8,12-13,17-20H,9H2,1H3,(H,26,29)(H,27,28)/t12-,13-,17-,18+,19+,20+/m1/s1. The molecule has 6 atom stereocenters. The molecule has 0 unspecified atom stereocenters. The highest BCUT2D eigenvalue weighted by molar-refractivity contribution is 9.09. The highest BCUT2D eigenvalue weighted by Gasteiger charge is 2.67. The summed E-state index contributed by atoms with van der Waals surface area (Å²) in [5, 5.41) is 6.12. The normalized spacial score (nSPS) is 29.5. The van der Waals surface area contributed by atoms with Gasteiger partial charge < -0.3 is 20.1 Å². The first-order valence-corrected chi connectivity index (χ1v) is 11.6. The summed E-state index contributed by atoms with van der Waals surface area (Å²) in [7, 11) is 1.50. The van der Waals surface area contributed by atoms with Crippen molar-refractivity contribution in [1.82, 2.24) is 0 Å². The summed E-state index contributed by atoms with van der Waals surface area (Å²) in [5.74, 6) is -1.35. The van der Waals surface area contributed by atoms with Crippen LogP contribution in [0.25, 0.3) is 0 Å². The van der Waals surface area contributed by atoms with Crippen molar-refractivity contribution in [3.8, 4) is 5.75 Å². The van der Waals surface area contributed by atoms with E-state index in [1.54, 1.807) is 42.5 Å². The molecule has 2 saturated carbocycles. The van der Waals surface area contributed by atoms with E-state index in [9.17, 15) is 14.4 Å². The molecule has 1 saturated heterocycles. The van der Waals surface area contributed by atoms with E-state index < -0.39 is 17.7 Å². The molecule has 2 bridgehead atoms. The van der Waals surface area contributed by atoms with Crippen molar-refractivity contribution < 1.29 is 23.9 Å². The summed E-state index contributed by atoms with van der Waals surface area (Å²) in [5.41, 5.74) is 1.07. The number of hydrogen-bond donors (Lipinski definition) is 2. The minimum atomic E-state index is -0.486. The lowest BCUT2D eigenvalue weighted by atomic mass is 9.79. The molecule has 9 heteroatoms. The molecule has 3 fully saturated rings. The fourth-order valence-corrected chi connectivity index (χ4v) is 6.52. The van der Waals surface area contributed by atoms with Crippen LogP contribution in [0.1, 0.15) is 16.8 Å². The molecular formula is C23H20BrClN2O5. The number of halogens is 2. The lowest BCUT2D eigenvalue weighted by Gasteiger charge is -2.27. The van der Waals surface area contributed by atoms with Gasteiger partial charge in [-0.05, 0) is 42.7 Å². The molecule has 0 radical (unpaired) electrons. The summed E-state index contributed by atoms with van der Waals surface area (Å²) < 4.78 is 10.8. The number of rotatable bonds is 5. The number of alkyl halides is 1. The topological polar surface area (TPSA) is 93.7 Å². The Bertz CT molecular complexity index is 1130. The maximum atomic E-state index is 13.3. The average Bonchev–Trinajstić information content (AvgIpc) is 3.38. The summed E-state index contributed by atoms with van der Waals surface area (Å²) in [6, 6.07) is 11.6. The number of nitrogens with one attached hydrogen (secondary N) is 2. The molecule has 166 valence electrons. The predicted molar refractivity (Wildman–Crippen MR) is 122 cm³/mol. The van der Waals surface area contributed by atoms with Crippen molar-refractivity contribution in [1.29, 1.82) is 0 Å². The molecule has 5 rings (SSSR count). The summed E-state index contributed by atoms with van der Waals surface area (Å²) in [6.45, 7) is 0. The van der Waals surface area contributed by atoms with Crippen LogP contribution in [0.4, 0.5) is 11.4 Å². The maximum Gasteiger partial charge on any atom is 0.310 e. The van der Waals surface area contributed by atoms with Gasteiger partial charge in [0.05, 0.1) is 40.7 Å². The highest BCUT2D eigenvalue weighted by atomic mass is 79.9. The Morgan fingerprint density at radius 2 is 1.91 bits per heavy atom. The first-order valence-electron chi connectivity index (χ1n) is 10.3. The van der Waals surface area contributed by atoms with E-state index in [4.69, 9.17) is 21.1 Å². The monoisotopic (exact) mass is 518 g/mol. The average molecular weight is 520 g/mol. The third kappa shape index (κ3) is 3.36. The minimum absolute atomic E-state index is 0.0261. The number of carbonyl (C=O) groups excluding carboxylic acids is 3. The Hall–Kier alpha value is -2.58. The molecule has 7 nitrogen and oxygen atoms in total. The van der Waals surface area contributed by atoms with Crippen LogP contribution in [0.2, 0.25) is 5.02 Å². The molecule has 1 heterocycles. The van der Waals surface area contributed by atoms with Gasteiger partial charge in [0, 0.05) is 10.9 Å². The number of hydrogen-bond acceptors (Lipinski definition) is 5. The van der Waals surface area contributed by atoms with E-state index in [2.05, 4.69) is 26.6 Å². The van der Waals surface area contributed by atoms with Crippen LogP contribution in [0.5, 0.6) is 5.75 Å². The zero-order chi connectivity index (χ0) is 22.6. The number of fused-ring (bicyclic) bond motifs is 1. The minimum Gasteiger partial charge on any atom is -0.495 e. The van der Waals surface area contributed by atoms with Crippen molar-refractivity contribution >= 4 is 56.7 Å². The third-order valence-corrected chi connectivity index (χ3v) is 8.10. The van der Waals surface area contributed by atoms with Crippen molar-refractivity contribution in [2.75, 3.05) is 17.7 Å². The number of carbonyl (C=O) groups is 3. The van der Waals surface area contributed by atoms with Crippen LogP contribution >= 0.6 is 27.5 Å². The van der Waals surface area contributed by atoms with E-state index in [0.29, 0.717) is 22.1 Å². The lowest BCUT2D eigenvalue weighted by Crippen LogP contribution is -2.40. The van der Waals surface area contributed by atoms with Crippen LogP contribution in [-0.2, 0) is 14.3 Å². The van der Waals surface area contributed by atoms with Gasteiger partial charge in [-0.25, -0.2) is 0 Å². The lowest BCUT2D eigenvalue weighted by molar-refractivity contribution is -0.145. The molecular weight excluding hydrogens is 500 g/mol. The second-order valence-corrected chi connectivity index (χ2v) is 9.79. The second kappa shape index (κ2) is 8.08. The second-order valence-electron chi connectivity index (χ2n) is 8.29. The van der Waals surface area contributed by atoms with Gasteiger partial charge in [-0.2, -0.15) is 0 Å². The first-order chi connectivity index (χ1) is 15.4. The first kappa shape index (κ1) is 21.3. The number of benzene rings is 2. The number of methoxy groups -OCH3 is 1. The Morgan fingerprint density at radius 3 is 2.69 bits per heavy atom. The van der Waals surface area contributed by atoms with Crippen molar-refractivity contribution in [3.63, 3.8) is 0 Å². The Labute approximate surface area is 197 Å². The van der Waals surface area contributed by atoms with Crippen LogP contribution < -0.4 is 15.4 Å². The molecule has 2 amide bonds. The quantitative estimate of drug-likeness (QED) is 0.458. The molecule has 2 N–H and O–H groups in total. The zero-order valence-corrected chi connectivity index (χ0v) is 19.4. The van der Waals surface area contributed by atoms with Crippen LogP contribution in [0.15, 0.2) is 42.5 Å². The van der Waals surface area contributed by atoms with Gasteiger partial charge in [-0.3, -0.25) is 14.4 Å². The van der Waals surface area contributed by atoms with Gasteiger partial charge in [0.2, 0.25) is 5.91 Å².